The number of piperidine rings is 1. The van der Waals surface area contributed by atoms with Gasteiger partial charge in [-0.25, -0.2) is 0 Å². The van der Waals surface area contributed by atoms with Crippen LogP contribution in [0.2, 0.25) is 0 Å². The molecule has 5 rings (SSSR count). The third-order valence-electron chi connectivity index (χ3n) is 12.8. The molecule has 206 valence electrons. The Bertz CT molecular complexity index is 750. The lowest BCUT2D eigenvalue weighted by atomic mass is 9.44. The van der Waals surface area contributed by atoms with Gasteiger partial charge in [0.05, 0.1) is 7.11 Å². The summed E-state index contributed by atoms with van der Waals surface area (Å²) in [6.07, 6.45) is 18.7. The fraction of sp³-hybridized carbons (Fsp3) is 0.969. The fourth-order valence-corrected chi connectivity index (χ4v) is 10.7. The van der Waals surface area contributed by atoms with Gasteiger partial charge in [-0.05, 0) is 136 Å². The number of nitrogens with one attached hydrogen (secondary N) is 1. The number of hydrogen-bond acceptors (Lipinski definition) is 4. The first-order valence-electron chi connectivity index (χ1n) is 15.9. The number of nitrogens with zero attached hydrogens (tertiary/aromatic N) is 1. The molecule has 4 unspecified atom stereocenters. The Morgan fingerprint density at radius 3 is 2.50 bits per heavy atom. The molecule has 4 nitrogen and oxygen atoms in total. The van der Waals surface area contributed by atoms with Crippen molar-refractivity contribution in [3.63, 3.8) is 0 Å². The van der Waals surface area contributed by atoms with Gasteiger partial charge in [0, 0.05) is 25.6 Å². The van der Waals surface area contributed by atoms with Crippen LogP contribution in [-0.4, -0.2) is 50.2 Å². The molecular formula is C32H56N2O2. The van der Waals surface area contributed by atoms with Gasteiger partial charge in [-0.15, -0.1) is 0 Å². The van der Waals surface area contributed by atoms with Crippen LogP contribution in [-0.2, 0) is 9.53 Å². The van der Waals surface area contributed by atoms with E-state index < -0.39 is 0 Å². The number of fused-ring (bicyclic) bond motifs is 5. The van der Waals surface area contributed by atoms with Crippen LogP contribution in [0, 0.1) is 46.3 Å². The highest BCUT2D eigenvalue weighted by Gasteiger charge is 2.60. The largest absolute Gasteiger partial charge is 0.469 e. The van der Waals surface area contributed by atoms with Crippen LogP contribution in [0.3, 0.4) is 0 Å². The molecule has 4 heteroatoms. The highest BCUT2D eigenvalue weighted by Crippen LogP contribution is 2.68. The van der Waals surface area contributed by atoms with Gasteiger partial charge >= 0.3 is 5.97 Å². The maximum atomic E-state index is 11.8. The Kier molecular flexibility index (Phi) is 8.43. The van der Waals surface area contributed by atoms with Crippen LogP contribution in [0.1, 0.15) is 111 Å². The van der Waals surface area contributed by atoms with Crippen LogP contribution in [0.5, 0.6) is 0 Å². The van der Waals surface area contributed by atoms with Gasteiger partial charge in [0.2, 0.25) is 0 Å². The molecule has 0 aromatic heterocycles. The number of rotatable bonds is 8. The molecule has 4 saturated carbocycles. The van der Waals surface area contributed by atoms with Crippen molar-refractivity contribution in [2.45, 2.75) is 117 Å². The molecule has 1 N–H and O–H groups in total. The van der Waals surface area contributed by atoms with Crippen LogP contribution in [0.15, 0.2) is 0 Å². The summed E-state index contributed by atoms with van der Waals surface area (Å²) in [4.78, 5) is 14.5. The van der Waals surface area contributed by atoms with Crippen molar-refractivity contribution in [3.05, 3.63) is 0 Å². The zero-order chi connectivity index (χ0) is 25.3. The molecule has 0 aromatic carbocycles. The normalized spacial score (nSPS) is 43.8. The minimum atomic E-state index is -0.0342. The van der Waals surface area contributed by atoms with Crippen LogP contribution < -0.4 is 5.32 Å². The SMILES string of the molecule is COC(=O)CC[C@@H](C)C1CCC2C3CC[C@H]4C[C@H](NCCN5CCCCC5)CC[C@]4(C)C3CC[C@@]21C. The molecule has 1 saturated heterocycles. The summed E-state index contributed by atoms with van der Waals surface area (Å²) in [6, 6.07) is 0.754. The van der Waals surface area contributed by atoms with E-state index in [0.717, 1.165) is 42.1 Å². The molecule has 1 heterocycles. The van der Waals surface area contributed by atoms with Crippen LogP contribution >= 0.6 is 0 Å². The van der Waals surface area contributed by atoms with Crippen molar-refractivity contribution in [2.75, 3.05) is 33.3 Å². The number of carbonyl (C=O) groups is 1. The molecule has 0 radical (unpaired) electrons. The third kappa shape index (κ3) is 5.16. The minimum Gasteiger partial charge on any atom is -0.469 e. The van der Waals surface area contributed by atoms with E-state index in [4.69, 9.17) is 4.74 Å². The summed E-state index contributed by atoms with van der Waals surface area (Å²) in [5.41, 5.74) is 1.07. The van der Waals surface area contributed by atoms with Gasteiger partial charge in [-0.2, -0.15) is 0 Å². The Balaban J connectivity index is 1.16. The zero-order valence-electron chi connectivity index (χ0n) is 24.0. The smallest absolute Gasteiger partial charge is 0.305 e. The summed E-state index contributed by atoms with van der Waals surface area (Å²) in [5.74, 6) is 5.14. The molecule has 1 aliphatic heterocycles. The van der Waals surface area contributed by atoms with Crippen LogP contribution in [0.4, 0.5) is 0 Å². The molecule has 36 heavy (non-hydrogen) atoms. The number of methoxy groups -OCH3 is 1. The first kappa shape index (κ1) is 27.0. The van der Waals surface area contributed by atoms with Crippen molar-refractivity contribution in [3.8, 4) is 0 Å². The van der Waals surface area contributed by atoms with E-state index in [-0.39, 0.29) is 5.97 Å². The molecule has 0 amide bonds. The average molecular weight is 501 g/mol. The Labute approximate surface area is 222 Å². The van der Waals surface area contributed by atoms with E-state index in [0.29, 0.717) is 23.2 Å². The van der Waals surface area contributed by atoms with Crippen molar-refractivity contribution >= 4 is 5.97 Å². The van der Waals surface area contributed by atoms with E-state index in [1.165, 1.54) is 110 Å². The van der Waals surface area contributed by atoms with E-state index in [1.807, 2.05) is 0 Å². The number of carbonyl (C=O) groups excluding carboxylic acids is 1. The summed E-state index contributed by atoms with van der Waals surface area (Å²) in [5, 5.41) is 4.00. The zero-order valence-corrected chi connectivity index (χ0v) is 24.0. The monoisotopic (exact) mass is 500 g/mol. The van der Waals surface area contributed by atoms with Gasteiger partial charge < -0.3 is 15.0 Å². The van der Waals surface area contributed by atoms with Crippen molar-refractivity contribution in [1.82, 2.24) is 10.2 Å². The number of likely N-dealkylation sites (tertiary alicyclic amines) is 1. The molecule has 0 bridgehead atoms. The first-order chi connectivity index (χ1) is 17.3. The quantitative estimate of drug-likeness (QED) is 0.378. The minimum absolute atomic E-state index is 0.0342. The van der Waals surface area contributed by atoms with Gasteiger partial charge in [-0.1, -0.05) is 27.2 Å². The lowest BCUT2D eigenvalue weighted by Crippen LogP contribution is -2.55. The summed E-state index contributed by atoms with van der Waals surface area (Å²) >= 11 is 0. The van der Waals surface area contributed by atoms with E-state index in [9.17, 15) is 4.79 Å². The van der Waals surface area contributed by atoms with Crippen molar-refractivity contribution < 1.29 is 9.53 Å². The molecule has 0 spiro atoms. The van der Waals surface area contributed by atoms with Gasteiger partial charge in [-0.3, -0.25) is 4.79 Å². The molecular weight excluding hydrogens is 444 g/mol. The summed E-state index contributed by atoms with van der Waals surface area (Å²) in [6.45, 7) is 12.9. The van der Waals surface area contributed by atoms with Gasteiger partial charge in [0.25, 0.3) is 0 Å². The topological polar surface area (TPSA) is 41.6 Å². The maximum absolute atomic E-state index is 11.8. The summed E-state index contributed by atoms with van der Waals surface area (Å²) in [7, 11) is 1.53. The van der Waals surface area contributed by atoms with E-state index >= 15 is 0 Å². The van der Waals surface area contributed by atoms with E-state index in [2.05, 4.69) is 31.0 Å². The maximum Gasteiger partial charge on any atom is 0.305 e. The van der Waals surface area contributed by atoms with Crippen LogP contribution in [0.25, 0.3) is 0 Å². The standard InChI is InChI=1S/C32H56N2O2/c1-23(8-13-30(35)36-4)27-11-12-28-26-10-9-24-22-25(33-18-21-34-19-6-5-7-20-34)14-16-31(24,2)29(26)15-17-32(27,28)3/h23-29,33H,5-22H2,1-4H3/t23-,24+,25-,26?,27?,28?,29?,31+,32-/m1/s1. The van der Waals surface area contributed by atoms with Crippen molar-refractivity contribution in [2.24, 2.45) is 46.3 Å². The Morgan fingerprint density at radius 2 is 1.72 bits per heavy atom. The second-order valence-corrected chi connectivity index (χ2v) is 14.3. The average Bonchev–Trinajstić information content (AvgIpc) is 3.25. The molecule has 4 aliphatic carbocycles. The Hall–Kier alpha value is -0.610. The highest BCUT2D eigenvalue weighted by atomic mass is 16.5. The highest BCUT2D eigenvalue weighted by molar-refractivity contribution is 5.69. The third-order valence-corrected chi connectivity index (χ3v) is 12.8. The number of hydrogen-bond donors (Lipinski definition) is 1. The lowest BCUT2D eigenvalue weighted by Gasteiger charge is -2.61. The predicted octanol–water partition coefficient (Wildman–Crippen LogP) is 6.68. The molecule has 9 atom stereocenters. The second kappa shape index (κ2) is 11.2. The molecule has 5 aliphatic rings. The predicted molar refractivity (Wildman–Crippen MR) is 148 cm³/mol. The Morgan fingerprint density at radius 1 is 0.972 bits per heavy atom. The molecule has 5 fully saturated rings. The van der Waals surface area contributed by atoms with E-state index in [1.54, 1.807) is 0 Å². The van der Waals surface area contributed by atoms with Gasteiger partial charge in [0.15, 0.2) is 0 Å². The fourth-order valence-electron chi connectivity index (χ4n) is 10.7. The summed E-state index contributed by atoms with van der Waals surface area (Å²) < 4.78 is 4.94. The van der Waals surface area contributed by atoms with Gasteiger partial charge in [0.1, 0.15) is 0 Å². The number of ether oxygens (including phenoxy) is 1. The second-order valence-electron chi connectivity index (χ2n) is 14.3. The lowest BCUT2D eigenvalue weighted by molar-refractivity contribution is -0.141. The first-order valence-corrected chi connectivity index (χ1v) is 15.9. The number of esters is 1. The molecule has 0 aromatic rings. The van der Waals surface area contributed by atoms with Crippen molar-refractivity contribution in [1.29, 1.82) is 0 Å².